The van der Waals surface area contributed by atoms with E-state index >= 15 is 0 Å². The van der Waals surface area contributed by atoms with Crippen molar-refractivity contribution in [3.63, 3.8) is 0 Å². The lowest BCUT2D eigenvalue weighted by molar-refractivity contribution is -0.298. The minimum absolute atomic E-state index is 0.187. The third-order valence-corrected chi connectivity index (χ3v) is 10.6. The van der Waals surface area contributed by atoms with Gasteiger partial charge in [-0.25, -0.2) is 4.79 Å². The normalized spacial score (nSPS) is 20.3. The van der Waals surface area contributed by atoms with Crippen molar-refractivity contribution >= 4 is 17.9 Å². The summed E-state index contributed by atoms with van der Waals surface area (Å²) in [6, 6.07) is 0. The van der Waals surface area contributed by atoms with Crippen molar-refractivity contribution in [3.05, 3.63) is 12.2 Å². The van der Waals surface area contributed by atoms with Crippen molar-refractivity contribution in [1.29, 1.82) is 0 Å². The van der Waals surface area contributed by atoms with Gasteiger partial charge in [0.25, 0.3) is 0 Å². The predicted molar refractivity (Wildman–Crippen MR) is 220 cm³/mol. The van der Waals surface area contributed by atoms with Crippen molar-refractivity contribution in [3.8, 4) is 0 Å². The van der Waals surface area contributed by atoms with Crippen LogP contribution < -0.4 is 0 Å². The average Bonchev–Trinajstić information content (AvgIpc) is 3.18. The van der Waals surface area contributed by atoms with Gasteiger partial charge in [0, 0.05) is 12.8 Å². The number of hydrogen-bond acceptors (Lipinski definition) is 10. The molecule has 0 amide bonds. The number of carbonyl (C=O) groups is 3. The molecule has 6 atom stereocenters. The molecule has 0 bridgehead atoms. The second-order valence-corrected chi connectivity index (χ2v) is 15.9. The summed E-state index contributed by atoms with van der Waals surface area (Å²) in [5, 5.41) is 39.8. The molecule has 0 aromatic heterocycles. The largest absolute Gasteiger partial charge is 0.479 e. The van der Waals surface area contributed by atoms with Crippen LogP contribution in [0.3, 0.4) is 0 Å². The summed E-state index contributed by atoms with van der Waals surface area (Å²) in [6.07, 6.45) is 28.3. The predicted octanol–water partition coefficient (Wildman–Crippen LogP) is 9.65. The number of esters is 2. The summed E-state index contributed by atoms with van der Waals surface area (Å²) in [5.74, 6) is -2.44. The third kappa shape index (κ3) is 27.6. The second kappa shape index (κ2) is 36.1. The van der Waals surface area contributed by atoms with Crippen LogP contribution in [0.2, 0.25) is 0 Å². The van der Waals surface area contributed by atoms with Crippen LogP contribution in [0.15, 0.2) is 12.2 Å². The number of aliphatic hydroxyl groups is 3. The lowest BCUT2D eigenvalue weighted by Gasteiger charge is -2.38. The fourth-order valence-electron chi connectivity index (χ4n) is 6.99. The first-order valence-electron chi connectivity index (χ1n) is 22.7. The lowest BCUT2D eigenvalue weighted by Crippen LogP contribution is -2.60. The summed E-state index contributed by atoms with van der Waals surface area (Å²) < 4.78 is 21.7. The van der Waals surface area contributed by atoms with Crippen LogP contribution in [-0.2, 0) is 33.3 Å². The van der Waals surface area contributed by atoms with Crippen LogP contribution in [0, 0.1) is 0 Å². The van der Waals surface area contributed by atoms with E-state index < -0.39 is 54.7 Å². The number of ether oxygens (including phenoxy) is 4. The molecule has 0 aliphatic carbocycles. The Morgan fingerprint density at radius 3 is 1.39 bits per heavy atom. The Bertz CT molecular complexity index is 989. The number of aliphatic hydroxyl groups excluding tert-OH is 3. The number of rotatable bonds is 38. The van der Waals surface area contributed by atoms with Crippen molar-refractivity contribution in [2.45, 2.75) is 243 Å². The maximum absolute atomic E-state index is 12.8. The molecule has 0 saturated carbocycles. The molecule has 6 unspecified atom stereocenters. The molecule has 1 rings (SSSR count). The molecular formula is C45H82O11. The maximum atomic E-state index is 12.8. The van der Waals surface area contributed by atoms with Gasteiger partial charge in [-0.2, -0.15) is 0 Å². The lowest BCUT2D eigenvalue weighted by atomic mass is 9.99. The van der Waals surface area contributed by atoms with Crippen molar-refractivity contribution in [2.75, 3.05) is 13.2 Å². The molecule has 11 heteroatoms. The number of allylic oxidation sites excluding steroid dienone is 2. The molecule has 0 aromatic carbocycles. The topological polar surface area (TPSA) is 169 Å². The number of carbonyl (C=O) groups excluding carboxylic acids is 2. The minimum atomic E-state index is -1.86. The van der Waals surface area contributed by atoms with E-state index in [1.165, 1.54) is 109 Å². The molecule has 1 fully saturated rings. The Hall–Kier alpha value is -2.05. The molecular weight excluding hydrogens is 716 g/mol. The fraction of sp³-hybridized carbons (Fsp3) is 0.889. The van der Waals surface area contributed by atoms with Crippen LogP contribution in [-0.4, -0.2) is 88.4 Å². The average molecular weight is 799 g/mol. The van der Waals surface area contributed by atoms with Crippen LogP contribution in [0.25, 0.3) is 0 Å². The molecule has 56 heavy (non-hydrogen) atoms. The minimum Gasteiger partial charge on any atom is -0.479 e. The van der Waals surface area contributed by atoms with E-state index in [0.29, 0.717) is 12.8 Å². The zero-order valence-electron chi connectivity index (χ0n) is 35.4. The Kier molecular flexibility index (Phi) is 33.5. The van der Waals surface area contributed by atoms with Crippen molar-refractivity contribution < 1.29 is 53.8 Å². The number of carboxylic acids is 1. The van der Waals surface area contributed by atoms with Gasteiger partial charge in [0.1, 0.15) is 24.9 Å². The molecule has 1 saturated heterocycles. The van der Waals surface area contributed by atoms with Gasteiger partial charge in [-0.05, 0) is 38.5 Å². The Labute approximate surface area is 339 Å². The van der Waals surface area contributed by atoms with E-state index in [1.807, 2.05) is 0 Å². The fourth-order valence-corrected chi connectivity index (χ4v) is 6.99. The molecule has 11 nitrogen and oxygen atoms in total. The van der Waals surface area contributed by atoms with E-state index in [-0.39, 0.29) is 26.1 Å². The molecule has 1 heterocycles. The van der Waals surface area contributed by atoms with Crippen LogP contribution in [0.4, 0.5) is 0 Å². The van der Waals surface area contributed by atoms with Crippen LogP contribution >= 0.6 is 0 Å². The van der Waals surface area contributed by atoms with Gasteiger partial charge in [-0.3, -0.25) is 9.59 Å². The Morgan fingerprint density at radius 1 is 0.536 bits per heavy atom. The van der Waals surface area contributed by atoms with Gasteiger partial charge in [0.2, 0.25) is 0 Å². The zero-order valence-corrected chi connectivity index (χ0v) is 35.4. The molecule has 4 N–H and O–H groups in total. The summed E-state index contributed by atoms with van der Waals surface area (Å²) >= 11 is 0. The number of unbranched alkanes of at least 4 members (excludes halogenated alkanes) is 25. The van der Waals surface area contributed by atoms with Gasteiger partial charge >= 0.3 is 17.9 Å². The van der Waals surface area contributed by atoms with Crippen LogP contribution in [0.5, 0.6) is 0 Å². The van der Waals surface area contributed by atoms with Gasteiger partial charge in [0.05, 0.1) is 6.61 Å². The van der Waals surface area contributed by atoms with Gasteiger partial charge in [0.15, 0.2) is 18.5 Å². The molecule has 1 aliphatic heterocycles. The molecule has 1 aliphatic rings. The molecule has 0 aromatic rings. The number of hydrogen-bond donors (Lipinski definition) is 4. The highest BCUT2D eigenvalue weighted by Crippen LogP contribution is 2.23. The summed E-state index contributed by atoms with van der Waals surface area (Å²) in [4.78, 5) is 36.8. The Morgan fingerprint density at radius 2 is 0.946 bits per heavy atom. The molecule has 0 spiro atoms. The summed E-state index contributed by atoms with van der Waals surface area (Å²) in [6.45, 7) is 3.81. The number of carboxylic acid groups (broad SMARTS) is 1. The zero-order chi connectivity index (χ0) is 41.1. The quantitative estimate of drug-likeness (QED) is 0.0267. The third-order valence-electron chi connectivity index (χ3n) is 10.6. The highest BCUT2D eigenvalue weighted by Gasteiger charge is 2.47. The van der Waals surface area contributed by atoms with E-state index in [1.54, 1.807) is 0 Å². The standard InChI is InChI=1S/C45H82O11/c1-3-5-7-9-11-13-15-17-19-20-22-23-25-27-29-31-33-38(46)53-35-37(36-54-45-42(50)40(48)41(49)43(56-45)44(51)52)55-39(47)34-32-30-28-26-24-21-18-16-14-12-10-8-6-4-2/h19-20,37,40-43,45,48-50H,3-18,21-36H2,1-2H3,(H,51,52)/b20-19-. The van der Waals surface area contributed by atoms with E-state index in [4.69, 9.17) is 18.9 Å². The highest BCUT2D eigenvalue weighted by molar-refractivity contribution is 5.73. The molecule has 328 valence electrons. The van der Waals surface area contributed by atoms with Gasteiger partial charge in [-0.15, -0.1) is 0 Å². The first kappa shape index (κ1) is 52.0. The maximum Gasteiger partial charge on any atom is 0.335 e. The monoisotopic (exact) mass is 799 g/mol. The van der Waals surface area contributed by atoms with Gasteiger partial charge < -0.3 is 39.4 Å². The van der Waals surface area contributed by atoms with Gasteiger partial charge in [-0.1, -0.05) is 167 Å². The molecule has 0 radical (unpaired) electrons. The summed E-state index contributed by atoms with van der Waals surface area (Å²) in [7, 11) is 0. The second-order valence-electron chi connectivity index (χ2n) is 15.9. The highest BCUT2D eigenvalue weighted by atomic mass is 16.7. The van der Waals surface area contributed by atoms with Crippen LogP contribution in [0.1, 0.15) is 206 Å². The Balaban J connectivity index is 2.36. The first-order chi connectivity index (χ1) is 27.2. The van der Waals surface area contributed by atoms with E-state index in [9.17, 15) is 34.8 Å². The van der Waals surface area contributed by atoms with E-state index in [2.05, 4.69) is 26.0 Å². The van der Waals surface area contributed by atoms with Crippen molar-refractivity contribution in [2.24, 2.45) is 0 Å². The first-order valence-corrected chi connectivity index (χ1v) is 22.7. The van der Waals surface area contributed by atoms with Crippen molar-refractivity contribution in [1.82, 2.24) is 0 Å². The SMILES string of the molecule is CCCCCCCCC/C=C\CCCCCCCC(=O)OCC(COC1OC(C(=O)O)C(O)C(O)C1O)OC(=O)CCCCCCCCCCCCCCCC. The summed E-state index contributed by atoms with van der Waals surface area (Å²) in [5.41, 5.74) is 0. The van der Waals surface area contributed by atoms with E-state index in [0.717, 1.165) is 57.8 Å². The smallest absolute Gasteiger partial charge is 0.335 e. The number of aliphatic carboxylic acids is 1.